The van der Waals surface area contributed by atoms with Gasteiger partial charge in [0.15, 0.2) is 0 Å². The summed E-state index contributed by atoms with van der Waals surface area (Å²) in [6, 6.07) is 0. The monoisotopic (exact) mass is 202 g/mol. The molecule has 1 N–H and O–H groups in total. The van der Waals surface area contributed by atoms with Crippen molar-refractivity contribution in [3.05, 3.63) is 0 Å². The van der Waals surface area contributed by atoms with Crippen molar-refractivity contribution in [2.75, 3.05) is 46.9 Å². The zero-order valence-electron chi connectivity index (χ0n) is 10.2. The Morgan fingerprint density at radius 3 is 2.71 bits per heavy atom. The van der Waals surface area contributed by atoms with Crippen molar-refractivity contribution in [3.8, 4) is 0 Å². The van der Waals surface area contributed by atoms with Gasteiger partial charge in [-0.05, 0) is 32.5 Å². The number of ether oxygens (including phenoxy) is 1. The van der Waals surface area contributed by atoms with E-state index in [4.69, 9.17) is 4.74 Å². The van der Waals surface area contributed by atoms with Crippen LogP contribution in [0.2, 0.25) is 0 Å². The number of hydrogen-bond acceptors (Lipinski definition) is 3. The summed E-state index contributed by atoms with van der Waals surface area (Å²) >= 11 is 0. The van der Waals surface area contributed by atoms with Crippen molar-refractivity contribution in [1.29, 1.82) is 0 Å². The smallest absolute Gasteiger partial charge is 0.0474 e. The molecule has 0 bridgehead atoms. The highest BCUT2D eigenvalue weighted by molar-refractivity contribution is 4.61. The average molecular weight is 202 g/mol. The van der Waals surface area contributed by atoms with Crippen LogP contribution in [0.25, 0.3) is 0 Å². The van der Waals surface area contributed by atoms with Gasteiger partial charge in [-0.3, -0.25) is 0 Å². The molecule has 86 valence electrons. The van der Waals surface area contributed by atoms with Gasteiger partial charge in [0.25, 0.3) is 0 Å². The van der Waals surface area contributed by atoms with E-state index in [1.807, 2.05) is 0 Å². The summed E-state index contributed by atoms with van der Waals surface area (Å²) in [6.07, 6.45) is 1.13. The molecule has 14 heavy (non-hydrogen) atoms. The molecule has 0 amide bonds. The van der Waals surface area contributed by atoms with Gasteiger partial charge in [0.05, 0.1) is 0 Å². The van der Waals surface area contributed by atoms with E-state index >= 15 is 0 Å². The Morgan fingerprint density at radius 2 is 2.14 bits per heavy atom. The zero-order chi connectivity index (χ0) is 10.8. The van der Waals surface area contributed by atoms with E-state index in [9.17, 15) is 0 Å². The molecule has 1 unspecified atom stereocenters. The molecule has 0 aliphatic carbocycles. The molecule has 0 rings (SSSR count). The summed E-state index contributed by atoms with van der Waals surface area (Å²) in [5.74, 6) is 0.725. The normalized spacial score (nSPS) is 13.5. The van der Waals surface area contributed by atoms with Crippen LogP contribution in [0.15, 0.2) is 0 Å². The first-order valence-electron chi connectivity index (χ1n) is 5.58. The summed E-state index contributed by atoms with van der Waals surface area (Å²) in [7, 11) is 3.94. The summed E-state index contributed by atoms with van der Waals surface area (Å²) in [6.45, 7) is 9.78. The molecule has 1 atom stereocenters. The molecule has 0 saturated carbocycles. The number of hydrogen-bond donors (Lipinski definition) is 1. The molecule has 0 aliphatic rings. The average Bonchev–Trinajstić information content (AvgIpc) is 2.15. The van der Waals surface area contributed by atoms with Crippen molar-refractivity contribution in [2.24, 2.45) is 5.92 Å². The second kappa shape index (κ2) is 9.44. The molecule has 0 fully saturated rings. The van der Waals surface area contributed by atoms with Gasteiger partial charge < -0.3 is 15.0 Å². The van der Waals surface area contributed by atoms with E-state index in [1.54, 1.807) is 7.11 Å². The van der Waals surface area contributed by atoms with Crippen LogP contribution in [0.3, 0.4) is 0 Å². The lowest BCUT2D eigenvalue weighted by atomic mass is 10.1. The lowest BCUT2D eigenvalue weighted by molar-refractivity contribution is 0.175. The number of rotatable bonds is 9. The first-order chi connectivity index (χ1) is 6.70. The maximum Gasteiger partial charge on any atom is 0.0474 e. The SMILES string of the molecule is CCNCC(C)CN(C)CCCOC. The first kappa shape index (κ1) is 13.9. The van der Waals surface area contributed by atoms with Crippen LogP contribution >= 0.6 is 0 Å². The Balaban J connectivity index is 3.35. The van der Waals surface area contributed by atoms with Gasteiger partial charge in [0.2, 0.25) is 0 Å². The van der Waals surface area contributed by atoms with Crippen molar-refractivity contribution in [3.63, 3.8) is 0 Å². The highest BCUT2D eigenvalue weighted by Gasteiger charge is 2.04. The minimum Gasteiger partial charge on any atom is -0.385 e. The van der Waals surface area contributed by atoms with Crippen molar-refractivity contribution in [2.45, 2.75) is 20.3 Å². The van der Waals surface area contributed by atoms with Crippen molar-refractivity contribution >= 4 is 0 Å². The molecule has 0 aromatic carbocycles. The Bertz CT molecular complexity index is 120. The van der Waals surface area contributed by atoms with Crippen molar-refractivity contribution in [1.82, 2.24) is 10.2 Å². The summed E-state index contributed by atoms with van der Waals surface area (Å²) in [5, 5.41) is 3.37. The van der Waals surface area contributed by atoms with Gasteiger partial charge >= 0.3 is 0 Å². The minimum absolute atomic E-state index is 0.725. The largest absolute Gasteiger partial charge is 0.385 e. The molecule has 3 heteroatoms. The fraction of sp³-hybridized carbons (Fsp3) is 1.00. The van der Waals surface area contributed by atoms with E-state index in [0.29, 0.717) is 0 Å². The van der Waals surface area contributed by atoms with Gasteiger partial charge in [0, 0.05) is 26.8 Å². The van der Waals surface area contributed by atoms with Gasteiger partial charge in [-0.1, -0.05) is 13.8 Å². The fourth-order valence-corrected chi connectivity index (χ4v) is 1.56. The zero-order valence-corrected chi connectivity index (χ0v) is 10.2. The maximum atomic E-state index is 5.02. The van der Waals surface area contributed by atoms with E-state index in [2.05, 4.69) is 31.1 Å². The lowest BCUT2D eigenvalue weighted by Crippen LogP contribution is -2.31. The van der Waals surface area contributed by atoms with Crippen LogP contribution in [0.5, 0.6) is 0 Å². The number of nitrogens with one attached hydrogen (secondary N) is 1. The topological polar surface area (TPSA) is 24.5 Å². The highest BCUT2D eigenvalue weighted by atomic mass is 16.5. The molecule has 0 saturated heterocycles. The standard InChI is InChI=1S/C11H26N2O/c1-5-12-9-11(2)10-13(3)7-6-8-14-4/h11-12H,5-10H2,1-4H3. The Kier molecular flexibility index (Phi) is 9.35. The van der Waals surface area contributed by atoms with Gasteiger partial charge in [-0.25, -0.2) is 0 Å². The molecule has 0 aromatic heterocycles. The van der Waals surface area contributed by atoms with E-state index < -0.39 is 0 Å². The molecule has 0 radical (unpaired) electrons. The molecule has 0 spiro atoms. The number of nitrogens with zero attached hydrogens (tertiary/aromatic N) is 1. The van der Waals surface area contributed by atoms with E-state index in [1.165, 1.54) is 0 Å². The second-order valence-electron chi connectivity index (χ2n) is 4.02. The summed E-state index contributed by atoms with van der Waals surface area (Å²) in [5.41, 5.74) is 0. The van der Waals surface area contributed by atoms with E-state index in [-0.39, 0.29) is 0 Å². The molecular formula is C11H26N2O. The lowest BCUT2D eigenvalue weighted by Gasteiger charge is -2.21. The summed E-state index contributed by atoms with van der Waals surface area (Å²) < 4.78 is 5.02. The Labute approximate surface area is 88.8 Å². The third-order valence-corrected chi connectivity index (χ3v) is 2.25. The van der Waals surface area contributed by atoms with Gasteiger partial charge in [-0.15, -0.1) is 0 Å². The van der Waals surface area contributed by atoms with Crippen LogP contribution in [0.4, 0.5) is 0 Å². The van der Waals surface area contributed by atoms with Crippen LogP contribution in [-0.2, 0) is 4.74 Å². The van der Waals surface area contributed by atoms with Gasteiger partial charge in [-0.2, -0.15) is 0 Å². The van der Waals surface area contributed by atoms with Crippen LogP contribution in [-0.4, -0.2) is 51.8 Å². The molecule has 0 aliphatic heterocycles. The minimum atomic E-state index is 0.725. The van der Waals surface area contributed by atoms with Crippen LogP contribution in [0.1, 0.15) is 20.3 Å². The fourth-order valence-electron chi connectivity index (χ4n) is 1.56. The molecule has 3 nitrogen and oxygen atoms in total. The van der Waals surface area contributed by atoms with Crippen LogP contribution < -0.4 is 5.32 Å². The summed E-state index contributed by atoms with van der Waals surface area (Å²) in [4.78, 5) is 2.38. The van der Waals surface area contributed by atoms with Crippen LogP contribution in [0, 0.1) is 5.92 Å². The van der Waals surface area contributed by atoms with Crippen molar-refractivity contribution < 1.29 is 4.74 Å². The first-order valence-corrected chi connectivity index (χ1v) is 5.58. The second-order valence-corrected chi connectivity index (χ2v) is 4.02. The highest BCUT2D eigenvalue weighted by Crippen LogP contribution is 1.97. The predicted molar refractivity (Wildman–Crippen MR) is 61.7 cm³/mol. The maximum absolute atomic E-state index is 5.02. The predicted octanol–water partition coefficient (Wildman–Crippen LogP) is 1.20. The third-order valence-electron chi connectivity index (χ3n) is 2.25. The quantitative estimate of drug-likeness (QED) is 0.569. The molecule has 0 heterocycles. The third kappa shape index (κ3) is 8.48. The number of methoxy groups -OCH3 is 1. The molecule has 0 aromatic rings. The Hall–Kier alpha value is -0.120. The van der Waals surface area contributed by atoms with Gasteiger partial charge in [0.1, 0.15) is 0 Å². The van der Waals surface area contributed by atoms with E-state index in [0.717, 1.165) is 45.1 Å². The Morgan fingerprint density at radius 1 is 1.43 bits per heavy atom. The molecular weight excluding hydrogens is 176 g/mol.